The van der Waals surface area contributed by atoms with Crippen molar-refractivity contribution in [2.75, 3.05) is 38.6 Å². The average molecular weight is 500 g/mol. The minimum atomic E-state index is -4.50. The molecule has 7 nitrogen and oxygen atoms in total. The van der Waals surface area contributed by atoms with Crippen LogP contribution < -0.4 is 10.1 Å². The van der Waals surface area contributed by atoms with Gasteiger partial charge in [-0.15, -0.1) is 0 Å². The van der Waals surface area contributed by atoms with E-state index in [9.17, 15) is 18.0 Å². The molecular formula is C26H28F3N5O2. The topological polar surface area (TPSA) is 62.6 Å². The van der Waals surface area contributed by atoms with Crippen molar-refractivity contribution in [1.29, 1.82) is 0 Å². The summed E-state index contributed by atoms with van der Waals surface area (Å²) in [5.41, 5.74) is 1.94. The lowest BCUT2D eigenvalue weighted by Crippen LogP contribution is -2.48. The van der Waals surface area contributed by atoms with Crippen LogP contribution in [0.5, 0.6) is 5.75 Å². The summed E-state index contributed by atoms with van der Waals surface area (Å²) in [4.78, 5) is 17.1. The number of ether oxygens (including phenoxy) is 1. The summed E-state index contributed by atoms with van der Waals surface area (Å²) in [6.45, 7) is 3.18. The quantitative estimate of drug-likeness (QED) is 0.560. The van der Waals surface area contributed by atoms with E-state index in [4.69, 9.17) is 4.74 Å². The van der Waals surface area contributed by atoms with Crippen LogP contribution in [0, 0.1) is 0 Å². The number of fused-ring (bicyclic) bond motifs is 1. The standard InChI is InChI=1S/C26H28F3N5O2/c1-36-20-9-7-19(8-10-20)21-15-23(26(27,28)29)34-24(30-21)16-22(31-34)25(35)33-13-11-32(12-14-33)17-18-5-3-2-4-6-18/h2-10,16,21,23,30H,11-15,17H2,1H3. The van der Waals surface area contributed by atoms with Gasteiger partial charge in [-0.25, -0.2) is 4.68 Å². The molecule has 3 heterocycles. The molecule has 0 aliphatic carbocycles. The van der Waals surface area contributed by atoms with Gasteiger partial charge in [-0.3, -0.25) is 9.69 Å². The summed E-state index contributed by atoms with van der Waals surface area (Å²) in [6.07, 6.45) is -4.73. The number of nitrogens with zero attached hydrogens (tertiary/aromatic N) is 4. The third-order valence-corrected chi connectivity index (χ3v) is 6.84. The van der Waals surface area contributed by atoms with Crippen LogP contribution in [-0.4, -0.2) is 65.0 Å². The van der Waals surface area contributed by atoms with E-state index >= 15 is 0 Å². The van der Waals surface area contributed by atoms with E-state index in [-0.39, 0.29) is 23.8 Å². The fourth-order valence-electron chi connectivity index (χ4n) is 4.85. The predicted octanol–water partition coefficient (Wildman–Crippen LogP) is 4.51. The molecule has 3 aromatic rings. The van der Waals surface area contributed by atoms with Crippen LogP contribution in [0.3, 0.4) is 0 Å². The Morgan fingerprint density at radius 1 is 1.06 bits per heavy atom. The maximum absolute atomic E-state index is 14.0. The van der Waals surface area contributed by atoms with Crippen molar-refractivity contribution in [1.82, 2.24) is 19.6 Å². The van der Waals surface area contributed by atoms with Gasteiger partial charge in [0.1, 0.15) is 11.6 Å². The van der Waals surface area contributed by atoms with Crippen molar-refractivity contribution < 1.29 is 22.7 Å². The zero-order valence-electron chi connectivity index (χ0n) is 19.9. The summed E-state index contributed by atoms with van der Waals surface area (Å²) in [7, 11) is 1.54. The first-order chi connectivity index (χ1) is 17.3. The molecule has 2 atom stereocenters. The average Bonchev–Trinajstić information content (AvgIpc) is 3.32. The van der Waals surface area contributed by atoms with Crippen molar-refractivity contribution in [2.24, 2.45) is 0 Å². The van der Waals surface area contributed by atoms with Crippen LogP contribution in [0.25, 0.3) is 0 Å². The first kappa shape index (κ1) is 24.2. The van der Waals surface area contributed by atoms with Gasteiger partial charge >= 0.3 is 6.18 Å². The normalized spacial score (nSPS) is 20.5. The number of carbonyl (C=O) groups excluding carboxylic acids is 1. The molecule has 5 rings (SSSR count). The highest BCUT2D eigenvalue weighted by molar-refractivity contribution is 5.93. The Labute approximate surface area is 207 Å². The maximum Gasteiger partial charge on any atom is 0.410 e. The molecule has 0 saturated carbocycles. The summed E-state index contributed by atoms with van der Waals surface area (Å²) in [5, 5.41) is 7.27. The SMILES string of the molecule is COc1ccc(C2CC(C(F)(F)F)n3nc(C(=O)N4CCN(Cc5ccccc5)CC4)cc3N2)cc1. The summed E-state index contributed by atoms with van der Waals surface area (Å²) < 4.78 is 48.1. The molecule has 10 heteroatoms. The lowest BCUT2D eigenvalue weighted by Gasteiger charge is -2.34. The number of nitrogens with one attached hydrogen (secondary N) is 1. The number of benzene rings is 2. The number of amides is 1. The second kappa shape index (κ2) is 9.85. The van der Waals surface area contributed by atoms with Crippen LogP contribution >= 0.6 is 0 Å². The smallest absolute Gasteiger partial charge is 0.410 e. The van der Waals surface area contributed by atoms with Crippen LogP contribution in [0.4, 0.5) is 19.0 Å². The van der Waals surface area contributed by atoms with E-state index < -0.39 is 18.3 Å². The van der Waals surface area contributed by atoms with E-state index in [1.807, 2.05) is 18.2 Å². The lowest BCUT2D eigenvalue weighted by molar-refractivity contribution is -0.173. The van der Waals surface area contributed by atoms with Gasteiger partial charge in [0.25, 0.3) is 5.91 Å². The van der Waals surface area contributed by atoms with Gasteiger partial charge in [0.15, 0.2) is 11.7 Å². The van der Waals surface area contributed by atoms with Gasteiger partial charge in [-0.2, -0.15) is 18.3 Å². The van der Waals surface area contributed by atoms with E-state index in [0.29, 0.717) is 37.5 Å². The molecule has 2 aliphatic rings. The van der Waals surface area contributed by atoms with E-state index in [2.05, 4.69) is 27.4 Å². The number of halogens is 3. The molecule has 0 spiro atoms. The third kappa shape index (κ3) is 5.04. The molecule has 1 aromatic heterocycles. The first-order valence-electron chi connectivity index (χ1n) is 11.9. The number of hydrogen-bond acceptors (Lipinski definition) is 5. The fourth-order valence-corrected chi connectivity index (χ4v) is 4.85. The molecule has 2 unspecified atom stereocenters. The zero-order valence-corrected chi connectivity index (χ0v) is 19.9. The van der Waals surface area contributed by atoms with Crippen LogP contribution in [-0.2, 0) is 6.54 Å². The molecule has 2 aromatic carbocycles. The summed E-state index contributed by atoms with van der Waals surface area (Å²) in [6, 6.07) is 16.1. The van der Waals surface area contributed by atoms with Crippen molar-refractivity contribution in [2.45, 2.75) is 31.2 Å². The van der Waals surface area contributed by atoms with Gasteiger partial charge in [0.05, 0.1) is 13.2 Å². The van der Waals surface area contributed by atoms with Crippen molar-refractivity contribution >= 4 is 11.7 Å². The molecule has 190 valence electrons. The second-order valence-electron chi connectivity index (χ2n) is 9.18. The monoisotopic (exact) mass is 499 g/mol. The molecule has 1 amide bonds. The van der Waals surface area contributed by atoms with Gasteiger partial charge in [0.2, 0.25) is 0 Å². The Morgan fingerprint density at radius 2 is 1.75 bits per heavy atom. The number of methoxy groups -OCH3 is 1. The van der Waals surface area contributed by atoms with Crippen molar-refractivity contribution in [3.63, 3.8) is 0 Å². The van der Waals surface area contributed by atoms with Crippen LogP contribution in [0.15, 0.2) is 60.7 Å². The molecule has 0 radical (unpaired) electrons. The Kier molecular flexibility index (Phi) is 6.61. The van der Waals surface area contributed by atoms with E-state index in [1.54, 1.807) is 29.2 Å². The highest BCUT2D eigenvalue weighted by Crippen LogP contribution is 2.43. The minimum absolute atomic E-state index is 0.0265. The Hall–Kier alpha value is -3.53. The third-order valence-electron chi connectivity index (χ3n) is 6.84. The number of aromatic nitrogens is 2. The zero-order chi connectivity index (χ0) is 25.3. The molecule has 1 fully saturated rings. The Balaban J connectivity index is 1.30. The number of alkyl halides is 3. The van der Waals surface area contributed by atoms with Gasteiger partial charge in [0, 0.05) is 45.2 Å². The van der Waals surface area contributed by atoms with Crippen molar-refractivity contribution in [3.05, 3.63) is 77.5 Å². The van der Waals surface area contributed by atoms with E-state index in [1.165, 1.54) is 18.7 Å². The Morgan fingerprint density at radius 3 is 2.39 bits per heavy atom. The van der Waals surface area contributed by atoms with Gasteiger partial charge in [-0.1, -0.05) is 42.5 Å². The maximum atomic E-state index is 14.0. The molecule has 2 aliphatic heterocycles. The number of hydrogen-bond donors (Lipinski definition) is 1. The largest absolute Gasteiger partial charge is 0.497 e. The lowest BCUT2D eigenvalue weighted by atomic mass is 9.97. The molecular weight excluding hydrogens is 471 g/mol. The molecule has 1 N–H and O–H groups in total. The highest BCUT2D eigenvalue weighted by atomic mass is 19.4. The van der Waals surface area contributed by atoms with Gasteiger partial charge < -0.3 is 15.0 Å². The first-order valence-corrected chi connectivity index (χ1v) is 11.9. The fraction of sp³-hybridized carbons (Fsp3) is 0.385. The predicted molar refractivity (Wildman–Crippen MR) is 129 cm³/mol. The Bertz CT molecular complexity index is 1190. The minimum Gasteiger partial charge on any atom is -0.497 e. The molecule has 1 saturated heterocycles. The van der Waals surface area contributed by atoms with Gasteiger partial charge in [-0.05, 0) is 23.3 Å². The summed E-state index contributed by atoms with van der Waals surface area (Å²) in [5.74, 6) is 0.471. The number of carbonyl (C=O) groups is 1. The number of rotatable bonds is 5. The van der Waals surface area contributed by atoms with Crippen LogP contribution in [0.2, 0.25) is 0 Å². The van der Waals surface area contributed by atoms with Crippen molar-refractivity contribution in [3.8, 4) is 5.75 Å². The molecule has 0 bridgehead atoms. The second-order valence-corrected chi connectivity index (χ2v) is 9.18. The highest BCUT2D eigenvalue weighted by Gasteiger charge is 2.47. The van der Waals surface area contributed by atoms with Crippen LogP contribution in [0.1, 0.15) is 40.1 Å². The van der Waals surface area contributed by atoms with E-state index in [0.717, 1.165) is 11.2 Å². The number of piperazine rings is 1. The summed E-state index contributed by atoms with van der Waals surface area (Å²) >= 11 is 0. The number of anilines is 1. The molecule has 36 heavy (non-hydrogen) atoms.